The SMILES string of the molecule is C=C(NCc1ccc(Oc2ccc(F)cc2Cl)c(F)c1)C1(NC(=O)c2cncnc2)CC1. The van der Waals surface area contributed by atoms with E-state index >= 15 is 0 Å². The Balaban J connectivity index is 1.36. The van der Waals surface area contributed by atoms with Crippen molar-refractivity contribution in [1.82, 2.24) is 20.6 Å². The summed E-state index contributed by atoms with van der Waals surface area (Å²) in [5.41, 5.74) is 1.11. The Bertz CT molecular complexity index is 1170. The predicted octanol–water partition coefficient (Wildman–Crippen LogP) is 4.77. The smallest absolute Gasteiger partial charge is 0.255 e. The molecule has 1 heterocycles. The monoisotopic (exact) mass is 456 g/mol. The van der Waals surface area contributed by atoms with Crippen molar-refractivity contribution in [1.29, 1.82) is 0 Å². The third kappa shape index (κ3) is 4.86. The number of ether oxygens (including phenoxy) is 1. The van der Waals surface area contributed by atoms with Crippen LogP contribution >= 0.6 is 11.6 Å². The van der Waals surface area contributed by atoms with E-state index in [1.54, 1.807) is 6.07 Å². The number of hydrogen-bond acceptors (Lipinski definition) is 5. The standard InChI is InChI=1S/C23H19ClF2N4O2/c1-14(23(6-7-23)30-22(31)16-11-27-13-28-12-16)29-10-15-2-4-21(19(26)8-15)32-20-5-3-17(25)9-18(20)24/h2-5,8-9,11-13,29H,1,6-7,10H2,(H,30,31). The lowest BCUT2D eigenvalue weighted by atomic mass is 10.1. The molecule has 1 aliphatic rings. The molecule has 0 spiro atoms. The van der Waals surface area contributed by atoms with Crippen molar-refractivity contribution in [3.05, 3.63) is 95.2 Å². The molecule has 0 saturated heterocycles. The van der Waals surface area contributed by atoms with Crippen LogP contribution in [0.1, 0.15) is 28.8 Å². The maximum Gasteiger partial charge on any atom is 0.255 e. The number of aromatic nitrogens is 2. The summed E-state index contributed by atoms with van der Waals surface area (Å²) in [6, 6.07) is 8.10. The highest BCUT2D eigenvalue weighted by Gasteiger charge is 2.47. The molecule has 3 aromatic rings. The molecule has 1 aliphatic carbocycles. The normalized spacial score (nSPS) is 13.8. The summed E-state index contributed by atoms with van der Waals surface area (Å²) in [7, 11) is 0. The zero-order chi connectivity index (χ0) is 22.7. The molecule has 2 N–H and O–H groups in total. The minimum Gasteiger partial charge on any atom is -0.453 e. The third-order valence-corrected chi connectivity index (χ3v) is 5.41. The summed E-state index contributed by atoms with van der Waals surface area (Å²) in [6.45, 7) is 4.35. The number of carbonyl (C=O) groups excluding carboxylic acids is 1. The summed E-state index contributed by atoms with van der Waals surface area (Å²) in [6.07, 6.45) is 5.74. The van der Waals surface area contributed by atoms with Gasteiger partial charge in [0, 0.05) is 24.6 Å². The van der Waals surface area contributed by atoms with Crippen molar-refractivity contribution in [3.8, 4) is 11.5 Å². The van der Waals surface area contributed by atoms with Gasteiger partial charge < -0.3 is 15.4 Å². The van der Waals surface area contributed by atoms with Gasteiger partial charge in [-0.1, -0.05) is 24.2 Å². The molecule has 0 bridgehead atoms. The predicted molar refractivity (Wildman–Crippen MR) is 115 cm³/mol. The molecule has 32 heavy (non-hydrogen) atoms. The van der Waals surface area contributed by atoms with Gasteiger partial charge in [-0.15, -0.1) is 0 Å². The number of halogens is 3. The van der Waals surface area contributed by atoms with Crippen LogP contribution in [-0.2, 0) is 6.54 Å². The first-order valence-corrected chi connectivity index (χ1v) is 10.2. The molecule has 0 unspecified atom stereocenters. The molecular weight excluding hydrogens is 438 g/mol. The molecule has 2 aromatic carbocycles. The van der Waals surface area contributed by atoms with Gasteiger partial charge in [-0.05, 0) is 48.7 Å². The van der Waals surface area contributed by atoms with Crippen LogP contribution in [0.25, 0.3) is 0 Å². The Morgan fingerprint density at radius 1 is 1.12 bits per heavy atom. The Morgan fingerprint density at radius 3 is 2.50 bits per heavy atom. The number of rotatable bonds is 8. The molecule has 0 radical (unpaired) electrons. The van der Waals surface area contributed by atoms with Crippen LogP contribution in [0.15, 0.2) is 67.4 Å². The number of carbonyl (C=O) groups is 1. The van der Waals surface area contributed by atoms with Crippen LogP contribution in [0.3, 0.4) is 0 Å². The van der Waals surface area contributed by atoms with Crippen LogP contribution in [0.5, 0.6) is 11.5 Å². The fourth-order valence-corrected chi connectivity index (χ4v) is 3.33. The quantitative estimate of drug-likeness (QED) is 0.511. The maximum atomic E-state index is 14.5. The fraction of sp³-hybridized carbons (Fsp3) is 0.174. The van der Waals surface area contributed by atoms with E-state index in [-0.39, 0.29) is 22.4 Å². The van der Waals surface area contributed by atoms with Gasteiger partial charge in [0.1, 0.15) is 17.9 Å². The van der Waals surface area contributed by atoms with E-state index in [0.29, 0.717) is 23.4 Å². The Hall–Kier alpha value is -3.52. The van der Waals surface area contributed by atoms with E-state index < -0.39 is 17.2 Å². The zero-order valence-corrected chi connectivity index (χ0v) is 17.6. The van der Waals surface area contributed by atoms with Crippen LogP contribution in [-0.4, -0.2) is 21.4 Å². The molecule has 1 amide bonds. The Kier molecular flexibility index (Phi) is 6.05. The first-order chi connectivity index (χ1) is 15.4. The molecular formula is C23H19ClF2N4O2. The van der Waals surface area contributed by atoms with Crippen molar-refractivity contribution in [2.45, 2.75) is 24.9 Å². The fourth-order valence-electron chi connectivity index (χ4n) is 3.12. The van der Waals surface area contributed by atoms with Crippen LogP contribution in [0.2, 0.25) is 5.02 Å². The number of nitrogens with one attached hydrogen (secondary N) is 2. The molecule has 4 rings (SSSR count). The summed E-state index contributed by atoms with van der Waals surface area (Å²) >= 11 is 5.93. The lowest BCUT2D eigenvalue weighted by Gasteiger charge is -2.22. The number of amides is 1. The molecule has 9 heteroatoms. The van der Waals surface area contributed by atoms with Gasteiger partial charge in [0.05, 0.1) is 16.1 Å². The van der Waals surface area contributed by atoms with E-state index in [4.69, 9.17) is 16.3 Å². The second-order valence-electron chi connectivity index (χ2n) is 7.44. The number of nitrogens with zero attached hydrogens (tertiary/aromatic N) is 2. The molecule has 164 valence electrons. The molecule has 0 aliphatic heterocycles. The molecule has 6 nitrogen and oxygen atoms in total. The molecule has 0 atom stereocenters. The van der Waals surface area contributed by atoms with E-state index in [1.807, 2.05) is 0 Å². The van der Waals surface area contributed by atoms with Crippen LogP contribution in [0, 0.1) is 11.6 Å². The second kappa shape index (κ2) is 8.92. The maximum absolute atomic E-state index is 14.5. The third-order valence-electron chi connectivity index (χ3n) is 5.12. The van der Waals surface area contributed by atoms with E-state index in [2.05, 4.69) is 27.2 Å². The second-order valence-corrected chi connectivity index (χ2v) is 7.84. The highest BCUT2D eigenvalue weighted by atomic mass is 35.5. The molecule has 1 aromatic heterocycles. The topological polar surface area (TPSA) is 76.1 Å². The van der Waals surface area contributed by atoms with Gasteiger partial charge in [0.15, 0.2) is 11.6 Å². The van der Waals surface area contributed by atoms with E-state index in [1.165, 1.54) is 43.0 Å². The first kappa shape index (κ1) is 21.7. The first-order valence-electron chi connectivity index (χ1n) is 9.78. The number of hydrogen-bond donors (Lipinski definition) is 2. The van der Waals surface area contributed by atoms with E-state index in [0.717, 1.165) is 18.9 Å². The lowest BCUT2D eigenvalue weighted by Crippen LogP contribution is -2.42. The van der Waals surface area contributed by atoms with Gasteiger partial charge in [0.2, 0.25) is 0 Å². The van der Waals surface area contributed by atoms with Gasteiger partial charge in [0.25, 0.3) is 5.91 Å². The average molecular weight is 457 g/mol. The van der Waals surface area contributed by atoms with Gasteiger partial charge in [-0.3, -0.25) is 4.79 Å². The van der Waals surface area contributed by atoms with Gasteiger partial charge in [-0.2, -0.15) is 0 Å². The van der Waals surface area contributed by atoms with Crippen LogP contribution < -0.4 is 15.4 Å². The summed E-state index contributed by atoms with van der Waals surface area (Å²) < 4.78 is 33.1. The molecule has 1 fully saturated rings. The largest absolute Gasteiger partial charge is 0.453 e. The summed E-state index contributed by atoms with van der Waals surface area (Å²) in [5.74, 6) is -1.25. The highest BCUT2D eigenvalue weighted by Crippen LogP contribution is 2.40. The molecule has 1 saturated carbocycles. The van der Waals surface area contributed by atoms with Crippen LogP contribution in [0.4, 0.5) is 8.78 Å². The van der Waals surface area contributed by atoms with Gasteiger partial charge in [-0.25, -0.2) is 18.7 Å². The average Bonchev–Trinajstić information content (AvgIpc) is 3.56. The summed E-state index contributed by atoms with van der Waals surface area (Å²) in [4.78, 5) is 20.1. The minimum absolute atomic E-state index is 0.0305. The van der Waals surface area contributed by atoms with Crippen molar-refractivity contribution < 1.29 is 18.3 Å². The highest BCUT2D eigenvalue weighted by molar-refractivity contribution is 6.32. The van der Waals surface area contributed by atoms with Crippen molar-refractivity contribution in [2.24, 2.45) is 0 Å². The van der Waals surface area contributed by atoms with Gasteiger partial charge >= 0.3 is 0 Å². The lowest BCUT2D eigenvalue weighted by molar-refractivity contribution is 0.0936. The Morgan fingerprint density at radius 2 is 1.84 bits per heavy atom. The zero-order valence-electron chi connectivity index (χ0n) is 16.9. The van der Waals surface area contributed by atoms with Crippen molar-refractivity contribution in [2.75, 3.05) is 0 Å². The summed E-state index contributed by atoms with van der Waals surface area (Å²) in [5, 5.41) is 6.17. The minimum atomic E-state index is -0.589. The number of benzene rings is 2. The van der Waals surface area contributed by atoms with Crippen molar-refractivity contribution >= 4 is 17.5 Å². The van der Waals surface area contributed by atoms with E-state index in [9.17, 15) is 13.6 Å². The Labute approximate surface area is 188 Å². The van der Waals surface area contributed by atoms with Crippen molar-refractivity contribution in [3.63, 3.8) is 0 Å².